The number of amides is 2. The molecule has 2 aromatic heterocycles. The molecule has 0 aliphatic carbocycles. The van der Waals surface area contributed by atoms with Crippen LogP contribution in [0.2, 0.25) is 0 Å². The van der Waals surface area contributed by atoms with Gasteiger partial charge in [-0.1, -0.05) is 12.1 Å². The maximum atomic E-state index is 12.1. The van der Waals surface area contributed by atoms with Crippen molar-refractivity contribution < 1.29 is 14.0 Å². The van der Waals surface area contributed by atoms with Crippen molar-refractivity contribution >= 4 is 40.0 Å². The largest absolute Gasteiger partial charge is 0.466 e. The Balaban J connectivity index is 1.56. The van der Waals surface area contributed by atoms with E-state index < -0.39 is 0 Å². The summed E-state index contributed by atoms with van der Waals surface area (Å²) in [4.78, 5) is 29.8. The van der Waals surface area contributed by atoms with Crippen LogP contribution in [0.3, 0.4) is 0 Å². The van der Waals surface area contributed by atoms with Crippen molar-refractivity contribution in [2.75, 3.05) is 18.1 Å². The number of carbonyl (C=O) groups excluding carboxylic acids is 2. The van der Waals surface area contributed by atoms with Crippen molar-refractivity contribution in [3.05, 3.63) is 52.8 Å². The van der Waals surface area contributed by atoms with Gasteiger partial charge in [0.15, 0.2) is 5.13 Å². The predicted octanol–water partition coefficient (Wildman–Crippen LogP) is 4.11. The fraction of sp³-hybridized carbons (Fsp3) is 0.211. The lowest BCUT2D eigenvalue weighted by atomic mass is 10.2. The van der Waals surface area contributed by atoms with E-state index in [1.165, 1.54) is 16.2 Å². The molecule has 0 unspecified atom stereocenters. The van der Waals surface area contributed by atoms with E-state index in [4.69, 9.17) is 4.42 Å². The number of carbonyl (C=O) groups is 2. The van der Waals surface area contributed by atoms with Crippen LogP contribution in [-0.2, 0) is 4.79 Å². The number of aryl methyl sites for hydroxylation is 2. The number of hydrogen-bond acceptors (Lipinski definition) is 6. The summed E-state index contributed by atoms with van der Waals surface area (Å²) in [5, 5.41) is 7.68. The van der Waals surface area contributed by atoms with Gasteiger partial charge in [0, 0.05) is 15.8 Å². The van der Waals surface area contributed by atoms with Gasteiger partial charge in [-0.3, -0.25) is 9.59 Å². The first-order valence-corrected chi connectivity index (χ1v) is 10.3. The molecule has 0 atom stereocenters. The lowest BCUT2D eigenvalue weighted by Gasteiger charge is -2.04. The minimum atomic E-state index is -0.340. The first-order chi connectivity index (χ1) is 13.0. The molecule has 140 valence electrons. The molecule has 8 heteroatoms. The number of hydrogen-bond donors (Lipinski definition) is 2. The molecule has 0 aliphatic heterocycles. The van der Waals surface area contributed by atoms with Crippen molar-refractivity contribution in [1.29, 1.82) is 0 Å². The molecule has 0 saturated heterocycles. The number of nitrogens with zero attached hydrogens (tertiary/aromatic N) is 1. The van der Waals surface area contributed by atoms with E-state index in [1.807, 2.05) is 35.9 Å². The van der Waals surface area contributed by atoms with Crippen molar-refractivity contribution in [2.45, 2.75) is 18.7 Å². The smallest absolute Gasteiger partial charge is 0.255 e. The van der Waals surface area contributed by atoms with E-state index in [2.05, 4.69) is 15.6 Å². The van der Waals surface area contributed by atoms with Gasteiger partial charge in [0.25, 0.3) is 5.91 Å². The lowest BCUT2D eigenvalue weighted by Crippen LogP contribution is -2.32. The second-order valence-electron chi connectivity index (χ2n) is 5.82. The van der Waals surface area contributed by atoms with Crippen LogP contribution in [0.4, 0.5) is 5.13 Å². The zero-order valence-corrected chi connectivity index (χ0v) is 16.8. The zero-order chi connectivity index (χ0) is 19.4. The van der Waals surface area contributed by atoms with Gasteiger partial charge >= 0.3 is 0 Å². The molecule has 2 amide bonds. The Kier molecular flexibility index (Phi) is 5.98. The average Bonchev–Trinajstić information content (AvgIpc) is 3.25. The molecule has 3 rings (SSSR count). The zero-order valence-electron chi connectivity index (χ0n) is 15.2. The molecule has 0 aliphatic rings. The monoisotopic (exact) mass is 401 g/mol. The molecular formula is C19H19N3O3S2. The summed E-state index contributed by atoms with van der Waals surface area (Å²) in [6, 6.07) is 9.72. The normalized spacial score (nSPS) is 10.6. The minimum Gasteiger partial charge on any atom is -0.466 e. The third-order valence-electron chi connectivity index (χ3n) is 3.83. The number of benzene rings is 1. The third-order valence-corrected chi connectivity index (χ3v) is 5.33. The summed E-state index contributed by atoms with van der Waals surface area (Å²) in [6.07, 6.45) is 2.03. The molecular weight excluding hydrogens is 382 g/mol. The molecule has 6 nitrogen and oxygen atoms in total. The Labute approximate surface area is 165 Å². The molecule has 0 bridgehead atoms. The summed E-state index contributed by atoms with van der Waals surface area (Å²) >= 11 is 3.02. The maximum absolute atomic E-state index is 12.1. The Morgan fingerprint density at radius 3 is 2.59 bits per heavy atom. The average molecular weight is 402 g/mol. The van der Waals surface area contributed by atoms with Gasteiger partial charge < -0.3 is 15.1 Å². The van der Waals surface area contributed by atoms with Gasteiger partial charge in [0.2, 0.25) is 5.91 Å². The van der Waals surface area contributed by atoms with Crippen LogP contribution < -0.4 is 10.6 Å². The van der Waals surface area contributed by atoms with Gasteiger partial charge in [-0.2, -0.15) is 0 Å². The highest BCUT2D eigenvalue weighted by Crippen LogP contribution is 2.26. The van der Waals surface area contributed by atoms with Gasteiger partial charge in [0.1, 0.15) is 11.5 Å². The summed E-state index contributed by atoms with van der Waals surface area (Å²) < 4.78 is 5.33. The fourth-order valence-electron chi connectivity index (χ4n) is 2.50. The standard InChI is InChI=1S/C19H19N3O3S2/c1-11-8-15(12(2)25-11)18(24)20-9-17(23)22-19-21-16(10-27-19)13-4-6-14(26-3)7-5-13/h4-8,10H,9H2,1-3H3,(H,20,24)(H,21,22,23). The minimum absolute atomic E-state index is 0.139. The number of thioether (sulfide) groups is 1. The molecule has 2 N–H and O–H groups in total. The number of nitrogens with one attached hydrogen (secondary N) is 2. The molecule has 0 radical (unpaired) electrons. The van der Waals surface area contributed by atoms with Crippen LogP contribution in [0.5, 0.6) is 0 Å². The number of furan rings is 1. The van der Waals surface area contributed by atoms with Gasteiger partial charge in [-0.15, -0.1) is 23.1 Å². The van der Waals surface area contributed by atoms with E-state index in [0.717, 1.165) is 11.3 Å². The summed E-state index contributed by atoms with van der Waals surface area (Å²) in [7, 11) is 0. The third kappa shape index (κ3) is 4.78. The Bertz CT molecular complexity index is 961. The van der Waals surface area contributed by atoms with E-state index in [1.54, 1.807) is 31.7 Å². The van der Waals surface area contributed by atoms with E-state index in [9.17, 15) is 9.59 Å². The SMILES string of the molecule is CSc1ccc(-c2csc(NC(=O)CNC(=O)c3cc(C)oc3C)n2)cc1. The van der Waals surface area contributed by atoms with Crippen LogP contribution in [0, 0.1) is 13.8 Å². The summed E-state index contributed by atoms with van der Waals surface area (Å²) in [5.41, 5.74) is 2.23. The van der Waals surface area contributed by atoms with Gasteiger partial charge in [-0.25, -0.2) is 4.98 Å². The number of anilines is 1. The van der Waals surface area contributed by atoms with Gasteiger partial charge in [0.05, 0.1) is 17.8 Å². The highest BCUT2D eigenvalue weighted by atomic mass is 32.2. The van der Waals surface area contributed by atoms with Crippen molar-refractivity contribution in [3.63, 3.8) is 0 Å². The Morgan fingerprint density at radius 1 is 1.22 bits per heavy atom. The molecule has 1 aromatic carbocycles. The van der Waals surface area contributed by atoms with Crippen LogP contribution in [0.1, 0.15) is 21.9 Å². The number of thiazole rings is 1. The molecule has 0 saturated carbocycles. The highest BCUT2D eigenvalue weighted by Gasteiger charge is 2.15. The highest BCUT2D eigenvalue weighted by molar-refractivity contribution is 7.98. The molecule has 3 aromatic rings. The Hall–Kier alpha value is -2.58. The van der Waals surface area contributed by atoms with Crippen LogP contribution >= 0.6 is 23.1 Å². The topological polar surface area (TPSA) is 84.2 Å². The Morgan fingerprint density at radius 2 is 1.96 bits per heavy atom. The van der Waals surface area contributed by atoms with Crippen LogP contribution in [-0.4, -0.2) is 29.6 Å². The quantitative estimate of drug-likeness (QED) is 0.607. The van der Waals surface area contributed by atoms with Gasteiger partial charge in [-0.05, 0) is 38.3 Å². The van der Waals surface area contributed by atoms with E-state index in [0.29, 0.717) is 22.2 Å². The molecule has 27 heavy (non-hydrogen) atoms. The molecule has 0 fully saturated rings. The van der Waals surface area contributed by atoms with Crippen molar-refractivity contribution in [3.8, 4) is 11.3 Å². The first kappa shape index (κ1) is 19.2. The second kappa shape index (κ2) is 8.41. The molecule has 2 heterocycles. The van der Waals surface area contributed by atoms with Crippen molar-refractivity contribution in [1.82, 2.24) is 10.3 Å². The van der Waals surface area contributed by atoms with E-state index >= 15 is 0 Å². The second-order valence-corrected chi connectivity index (χ2v) is 7.56. The molecule has 0 spiro atoms. The van der Waals surface area contributed by atoms with Crippen molar-refractivity contribution in [2.24, 2.45) is 0 Å². The fourth-order valence-corrected chi connectivity index (χ4v) is 3.65. The lowest BCUT2D eigenvalue weighted by molar-refractivity contribution is -0.115. The summed E-state index contributed by atoms with van der Waals surface area (Å²) in [6.45, 7) is 3.34. The number of aromatic nitrogens is 1. The number of rotatable bonds is 6. The van der Waals surface area contributed by atoms with E-state index in [-0.39, 0.29) is 18.4 Å². The summed E-state index contributed by atoms with van der Waals surface area (Å²) in [5.74, 6) is 0.513. The van der Waals surface area contributed by atoms with Crippen LogP contribution in [0.25, 0.3) is 11.3 Å². The predicted molar refractivity (Wildman–Crippen MR) is 108 cm³/mol. The maximum Gasteiger partial charge on any atom is 0.255 e. The first-order valence-electron chi connectivity index (χ1n) is 8.21. The van der Waals surface area contributed by atoms with Crippen LogP contribution in [0.15, 0.2) is 45.0 Å².